The van der Waals surface area contributed by atoms with Crippen LogP contribution in [-0.4, -0.2) is 30.8 Å². The number of hydrogen-bond acceptors (Lipinski definition) is 7. The lowest BCUT2D eigenvalue weighted by Crippen LogP contribution is -2.12. The summed E-state index contributed by atoms with van der Waals surface area (Å²) >= 11 is 1.18. The van der Waals surface area contributed by atoms with Crippen molar-refractivity contribution in [1.29, 1.82) is 0 Å². The Labute approximate surface area is 155 Å². The maximum atomic E-state index is 12.7. The Balaban J connectivity index is 1.92. The highest BCUT2D eigenvalue weighted by atomic mass is 32.2. The molecule has 0 aliphatic carbocycles. The van der Waals surface area contributed by atoms with Gasteiger partial charge in [0.1, 0.15) is 9.71 Å². The number of thiophene rings is 1. The summed E-state index contributed by atoms with van der Waals surface area (Å²) in [6.45, 7) is 3.73. The highest BCUT2D eigenvalue weighted by molar-refractivity contribution is 7.89. The maximum Gasteiger partial charge on any atom is 0.267 e. The van der Waals surface area contributed by atoms with Gasteiger partial charge < -0.3 is 11.1 Å². The van der Waals surface area contributed by atoms with Crippen LogP contribution in [-0.2, 0) is 15.6 Å². The molecule has 2 aromatic heterocycles. The molecule has 0 unspecified atom stereocenters. The Morgan fingerprint density at radius 2 is 2.00 bits per heavy atom. The number of fused-ring (bicyclic) bond motifs is 1. The van der Waals surface area contributed by atoms with Gasteiger partial charge in [-0.1, -0.05) is 12.1 Å². The second-order valence-corrected chi connectivity index (χ2v) is 9.30. The van der Waals surface area contributed by atoms with Crippen molar-refractivity contribution in [2.45, 2.75) is 19.6 Å². The van der Waals surface area contributed by atoms with E-state index in [1.165, 1.54) is 17.6 Å². The van der Waals surface area contributed by atoms with E-state index in [1.807, 2.05) is 13.8 Å². The van der Waals surface area contributed by atoms with Crippen LogP contribution in [0.3, 0.4) is 0 Å². The third kappa shape index (κ3) is 3.68. The number of aromatic nitrogens is 2. The SMILES string of the molecule is Cc1nnc2sc(C(=O)Nc3cccc(CS(C)(=O)=O)c3)c(N)c2c1C. The molecular weight excluding hydrogens is 372 g/mol. The van der Waals surface area contributed by atoms with Gasteiger partial charge in [-0.2, -0.15) is 5.10 Å². The van der Waals surface area contributed by atoms with Gasteiger partial charge in [0.25, 0.3) is 5.91 Å². The summed E-state index contributed by atoms with van der Waals surface area (Å²) in [6.07, 6.45) is 1.17. The third-order valence-corrected chi connectivity index (χ3v) is 5.90. The topological polar surface area (TPSA) is 115 Å². The smallest absolute Gasteiger partial charge is 0.267 e. The van der Waals surface area contributed by atoms with Gasteiger partial charge in [0.2, 0.25) is 0 Å². The van der Waals surface area contributed by atoms with E-state index in [-0.39, 0.29) is 11.7 Å². The molecule has 0 atom stereocenters. The summed E-state index contributed by atoms with van der Waals surface area (Å²) in [5.74, 6) is -0.449. The predicted octanol–water partition coefficient (Wildman–Crippen LogP) is 2.69. The van der Waals surface area contributed by atoms with Crippen molar-refractivity contribution < 1.29 is 13.2 Å². The van der Waals surface area contributed by atoms with Crippen molar-refractivity contribution >= 4 is 48.7 Å². The van der Waals surface area contributed by atoms with Crippen molar-refractivity contribution in [1.82, 2.24) is 10.2 Å². The van der Waals surface area contributed by atoms with Gasteiger partial charge in [0.05, 0.1) is 17.1 Å². The van der Waals surface area contributed by atoms with Crippen molar-refractivity contribution in [3.05, 3.63) is 46.0 Å². The van der Waals surface area contributed by atoms with Crippen LogP contribution < -0.4 is 11.1 Å². The van der Waals surface area contributed by atoms with Crippen LogP contribution in [0.1, 0.15) is 26.5 Å². The van der Waals surface area contributed by atoms with E-state index in [2.05, 4.69) is 15.5 Å². The average molecular weight is 390 g/mol. The number of nitrogens with one attached hydrogen (secondary N) is 1. The van der Waals surface area contributed by atoms with Gasteiger partial charge in [-0.25, -0.2) is 8.42 Å². The molecule has 2 heterocycles. The van der Waals surface area contributed by atoms with Crippen molar-refractivity contribution in [3.63, 3.8) is 0 Å². The molecule has 26 heavy (non-hydrogen) atoms. The monoisotopic (exact) mass is 390 g/mol. The molecule has 1 amide bonds. The molecule has 0 aliphatic heterocycles. The Morgan fingerprint density at radius 1 is 1.27 bits per heavy atom. The molecule has 0 spiro atoms. The minimum atomic E-state index is -3.15. The molecule has 136 valence electrons. The molecule has 7 nitrogen and oxygen atoms in total. The number of amides is 1. The number of aryl methyl sites for hydroxylation is 2. The van der Waals surface area contributed by atoms with E-state index >= 15 is 0 Å². The zero-order valence-electron chi connectivity index (χ0n) is 14.5. The van der Waals surface area contributed by atoms with Crippen LogP contribution in [0.4, 0.5) is 11.4 Å². The Hall–Kier alpha value is -2.52. The molecule has 1 aromatic carbocycles. The maximum absolute atomic E-state index is 12.7. The number of carbonyl (C=O) groups excluding carboxylic acids is 1. The number of sulfone groups is 1. The minimum Gasteiger partial charge on any atom is -0.397 e. The molecule has 3 N–H and O–H groups in total. The van der Waals surface area contributed by atoms with E-state index in [4.69, 9.17) is 5.73 Å². The molecule has 9 heteroatoms. The van der Waals surface area contributed by atoms with Crippen LogP contribution in [0.25, 0.3) is 10.2 Å². The average Bonchev–Trinajstić information content (AvgIpc) is 2.87. The molecule has 3 rings (SSSR count). The first-order valence-corrected chi connectivity index (χ1v) is 10.6. The van der Waals surface area contributed by atoms with Gasteiger partial charge in [0.15, 0.2) is 9.84 Å². The van der Waals surface area contributed by atoms with Crippen LogP contribution in [0, 0.1) is 13.8 Å². The summed E-state index contributed by atoms with van der Waals surface area (Å²) < 4.78 is 22.9. The van der Waals surface area contributed by atoms with Crippen LogP contribution in [0.2, 0.25) is 0 Å². The van der Waals surface area contributed by atoms with Crippen LogP contribution in [0.15, 0.2) is 24.3 Å². The normalized spacial score (nSPS) is 11.7. The largest absolute Gasteiger partial charge is 0.397 e. The fourth-order valence-electron chi connectivity index (χ4n) is 2.64. The van der Waals surface area contributed by atoms with Gasteiger partial charge in [-0.3, -0.25) is 4.79 Å². The predicted molar refractivity (Wildman–Crippen MR) is 104 cm³/mol. The quantitative estimate of drug-likeness (QED) is 0.708. The van der Waals surface area contributed by atoms with Crippen molar-refractivity contribution in [2.24, 2.45) is 0 Å². The number of carbonyl (C=O) groups is 1. The Morgan fingerprint density at radius 3 is 2.69 bits per heavy atom. The molecular formula is C17H18N4O3S2. The van der Waals surface area contributed by atoms with E-state index in [0.29, 0.717) is 26.6 Å². The first kappa shape index (κ1) is 18.3. The van der Waals surface area contributed by atoms with Gasteiger partial charge >= 0.3 is 0 Å². The Bertz CT molecular complexity index is 1120. The van der Waals surface area contributed by atoms with E-state index in [1.54, 1.807) is 24.3 Å². The Kier molecular flexibility index (Phi) is 4.68. The first-order chi connectivity index (χ1) is 12.2. The van der Waals surface area contributed by atoms with Gasteiger partial charge in [-0.15, -0.1) is 16.4 Å². The number of nitrogen functional groups attached to an aromatic ring is 1. The molecule has 0 bridgehead atoms. The summed E-state index contributed by atoms with van der Waals surface area (Å²) in [7, 11) is -3.15. The lowest BCUT2D eigenvalue weighted by Gasteiger charge is -2.07. The lowest BCUT2D eigenvalue weighted by molar-refractivity contribution is 0.103. The second kappa shape index (κ2) is 6.65. The molecule has 0 radical (unpaired) electrons. The molecule has 3 aromatic rings. The number of anilines is 2. The zero-order valence-corrected chi connectivity index (χ0v) is 16.2. The second-order valence-electron chi connectivity index (χ2n) is 6.16. The minimum absolute atomic E-state index is 0.0875. The molecule has 0 fully saturated rings. The first-order valence-electron chi connectivity index (χ1n) is 7.75. The highest BCUT2D eigenvalue weighted by Crippen LogP contribution is 2.35. The van der Waals surface area contributed by atoms with Crippen LogP contribution in [0.5, 0.6) is 0 Å². The number of hydrogen-bond donors (Lipinski definition) is 2. The van der Waals surface area contributed by atoms with E-state index < -0.39 is 9.84 Å². The lowest BCUT2D eigenvalue weighted by atomic mass is 10.1. The van der Waals surface area contributed by atoms with Gasteiger partial charge in [0, 0.05) is 17.3 Å². The van der Waals surface area contributed by atoms with Crippen LogP contribution >= 0.6 is 11.3 Å². The number of nitrogens with two attached hydrogens (primary N) is 1. The molecule has 0 aliphatic rings. The zero-order chi connectivity index (χ0) is 19.1. The summed E-state index contributed by atoms with van der Waals surface area (Å²) in [5.41, 5.74) is 9.34. The third-order valence-electron chi connectivity index (χ3n) is 3.96. The van der Waals surface area contributed by atoms with Crippen molar-refractivity contribution in [2.75, 3.05) is 17.3 Å². The summed E-state index contributed by atoms with van der Waals surface area (Å²) in [5, 5.41) is 11.7. The molecule has 0 saturated carbocycles. The fraction of sp³-hybridized carbons (Fsp3) is 0.235. The number of benzene rings is 1. The number of nitrogens with zero attached hydrogens (tertiary/aromatic N) is 2. The summed E-state index contributed by atoms with van der Waals surface area (Å²) in [6, 6.07) is 6.73. The van der Waals surface area contributed by atoms with Crippen molar-refractivity contribution in [3.8, 4) is 0 Å². The summed E-state index contributed by atoms with van der Waals surface area (Å²) in [4.78, 5) is 13.6. The van der Waals surface area contributed by atoms with E-state index in [9.17, 15) is 13.2 Å². The standard InChI is InChI=1S/C17H18N4O3S2/c1-9-10(2)20-21-17-13(9)14(18)15(25-17)16(22)19-12-6-4-5-11(7-12)8-26(3,23)24/h4-7H,8,18H2,1-3H3,(H,19,22). The van der Waals surface area contributed by atoms with Gasteiger partial charge in [-0.05, 0) is 37.1 Å². The van der Waals surface area contributed by atoms with E-state index in [0.717, 1.165) is 16.6 Å². The highest BCUT2D eigenvalue weighted by Gasteiger charge is 2.20. The number of rotatable bonds is 4. The fourth-order valence-corrected chi connectivity index (χ4v) is 4.42. The molecule has 0 saturated heterocycles.